The number of carboxylic acids is 1. The molecule has 2 aromatic rings. The van der Waals surface area contributed by atoms with Crippen LogP contribution in [0.1, 0.15) is 18.2 Å². The summed E-state index contributed by atoms with van der Waals surface area (Å²) in [6, 6.07) is 9.33. The Labute approximate surface area is 86.2 Å². The molecule has 0 aliphatic carbocycles. The van der Waals surface area contributed by atoms with Crippen molar-refractivity contribution >= 4 is 16.9 Å². The Hall–Kier alpha value is -1.81. The van der Waals surface area contributed by atoms with Crippen LogP contribution in [0.25, 0.3) is 10.9 Å². The first-order valence-electron chi connectivity index (χ1n) is 4.64. The molecular weight excluding hydrogens is 194 g/mol. The number of para-hydroxylation sites is 1. The van der Waals surface area contributed by atoms with Crippen LogP contribution in [0.4, 0.5) is 0 Å². The minimum atomic E-state index is -1.01. The number of fused-ring (bicyclic) bond motifs is 1. The molecule has 1 atom stereocenters. The second-order valence-corrected chi connectivity index (χ2v) is 3.43. The fourth-order valence-electron chi connectivity index (χ4n) is 1.55. The normalized spacial score (nSPS) is 12.9. The number of aromatic amines is 1. The molecule has 0 unspecified atom stereocenters. The van der Waals surface area contributed by atoms with Gasteiger partial charge in [0, 0.05) is 11.2 Å². The van der Waals surface area contributed by atoms with Crippen molar-refractivity contribution in [3.63, 3.8) is 0 Å². The van der Waals surface area contributed by atoms with Gasteiger partial charge in [0.2, 0.25) is 0 Å². The zero-order valence-electron chi connectivity index (χ0n) is 7.97. The van der Waals surface area contributed by atoms with E-state index in [0.29, 0.717) is 5.69 Å². The lowest BCUT2D eigenvalue weighted by Gasteiger charge is -2.03. The van der Waals surface area contributed by atoms with Crippen molar-refractivity contribution in [3.05, 3.63) is 36.0 Å². The first-order chi connectivity index (χ1) is 7.16. The van der Waals surface area contributed by atoms with Gasteiger partial charge in [0.1, 0.15) is 6.10 Å². The van der Waals surface area contributed by atoms with E-state index in [1.165, 1.54) is 0 Å². The average Bonchev–Trinajstić information content (AvgIpc) is 2.59. The van der Waals surface area contributed by atoms with Gasteiger partial charge in [-0.25, -0.2) is 0 Å². The van der Waals surface area contributed by atoms with Crippen LogP contribution in [-0.2, 0) is 4.79 Å². The van der Waals surface area contributed by atoms with Gasteiger partial charge in [-0.15, -0.1) is 0 Å². The first kappa shape index (κ1) is 9.73. The molecule has 2 rings (SSSR count). The maximum absolute atomic E-state index is 10.4. The lowest BCUT2D eigenvalue weighted by molar-refractivity contribution is -0.139. The molecule has 3 N–H and O–H groups in total. The lowest BCUT2D eigenvalue weighted by Crippen LogP contribution is -2.05. The minimum Gasteiger partial charge on any atom is -0.481 e. The number of carbonyl (C=O) groups is 1. The molecule has 15 heavy (non-hydrogen) atoms. The highest BCUT2D eigenvalue weighted by atomic mass is 16.4. The van der Waals surface area contributed by atoms with Crippen molar-refractivity contribution in [3.8, 4) is 0 Å². The number of aliphatic hydroxyl groups is 1. The fraction of sp³-hybridized carbons (Fsp3) is 0.182. The lowest BCUT2D eigenvalue weighted by atomic mass is 10.2. The van der Waals surface area contributed by atoms with E-state index >= 15 is 0 Å². The van der Waals surface area contributed by atoms with Gasteiger partial charge >= 0.3 is 5.97 Å². The maximum Gasteiger partial charge on any atom is 0.306 e. The van der Waals surface area contributed by atoms with Gasteiger partial charge in [-0.1, -0.05) is 18.2 Å². The van der Waals surface area contributed by atoms with E-state index in [2.05, 4.69) is 4.98 Å². The Balaban J connectivity index is 2.32. The molecule has 0 amide bonds. The molecule has 78 valence electrons. The maximum atomic E-state index is 10.4. The summed E-state index contributed by atoms with van der Waals surface area (Å²) in [6.07, 6.45) is -1.26. The topological polar surface area (TPSA) is 73.3 Å². The van der Waals surface area contributed by atoms with Crippen LogP contribution in [0.5, 0.6) is 0 Å². The van der Waals surface area contributed by atoms with Crippen LogP contribution >= 0.6 is 0 Å². The van der Waals surface area contributed by atoms with E-state index in [1.54, 1.807) is 6.07 Å². The quantitative estimate of drug-likeness (QED) is 0.713. The van der Waals surface area contributed by atoms with E-state index in [1.807, 2.05) is 24.3 Å². The Morgan fingerprint density at radius 2 is 2.13 bits per heavy atom. The minimum absolute atomic E-state index is 0.285. The van der Waals surface area contributed by atoms with E-state index < -0.39 is 12.1 Å². The highest BCUT2D eigenvalue weighted by molar-refractivity contribution is 5.80. The van der Waals surface area contributed by atoms with Crippen molar-refractivity contribution in [1.29, 1.82) is 0 Å². The zero-order chi connectivity index (χ0) is 10.8. The van der Waals surface area contributed by atoms with Crippen molar-refractivity contribution in [2.75, 3.05) is 0 Å². The molecule has 0 radical (unpaired) electrons. The summed E-state index contributed by atoms with van der Waals surface area (Å²) in [5.41, 5.74) is 1.44. The van der Waals surface area contributed by atoms with Crippen LogP contribution in [0.2, 0.25) is 0 Å². The van der Waals surface area contributed by atoms with Gasteiger partial charge in [-0.05, 0) is 17.5 Å². The van der Waals surface area contributed by atoms with Gasteiger partial charge in [-0.2, -0.15) is 0 Å². The number of aliphatic carboxylic acids is 1. The van der Waals surface area contributed by atoms with E-state index in [4.69, 9.17) is 5.11 Å². The number of aliphatic hydroxyl groups excluding tert-OH is 1. The molecule has 0 aliphatic rings. The van der Waals surface area contributed by atoms with E-state index in [-0.39, 0.29) is 6.42 Å². The molecule has 1 heterocycles. The van der Waals surface area contributed by atoms with Gasteiger partial charge in [0.25, 0.3) is 0 Å². The smallest absolute Gasteiger partial charge is 0.306 e. The van der Waals surface area contributed by atoms with Gasteiger partial charge in [-0.3, -0.25) is 4.79 Å². The number of carboxylic acid groups (broad SMARTS) is 1. The second kappa shape index (κ2) is 3.74. The van der Waals surface area contributed by atoms with Gasteiger partial charge in [0.05, 0.1) is 6.42 Å². The van der Waals surface area contributed by atoms with Crippen LogP contribution < -0.4 is 0 Å². The number of aromatic nitrogens is 1. The molecule has 4 nitrogen and oxygen atoms in total. The summed E-state index contributed by atoms with van der Waals surface area (Å²) in [4.78, 5) is 13.4. The Kier molecular flexibility index (Phi) is 2.43. The number of benzene rings is 1. The van der Waals surface area contributed by atoms with Crippen molar-refractivity contribution in [1.82, 2.24) is 4.98 Å². The zero-order valence-corrected chi connectivity index (χ0v) is 7.97. The molecule has 0 saturated heterocycles. The third-order valence-corrected chi connectivity index (χ3v) is 2.28. The van der Waals surface area contributed by atoms with Crippen LogP contribution in [0, 0.1) is 0 Å². The predicted molar refractivity (Wildman–Crippen MR) is 55.5 cm³/mol. The van der Waals surface area contributed by atoms with Gasteiger partial charge < -0.3 is 15.2 Å². The molecule has 0 saturated carbocycles. The molecule has 0 spiro atoms. The van der Waals surface area contributed by atoms with Crippen molar-refractivity contribution in [2.45, 2.75) is 12.5 Å². The Bertz CT molecular complexity index is 456. The number of H-pyrrole nitrogens is 1. The molecule has 4 heteroatoms. The number of hydrogen-bond acceptors (Lipinski definition) is 2. The fourth-order valence-corrected chi connectivity index (χ4v) is 1.55. The standard InChI is InChI=1S/C11H11NO3/c13-10(6-11(14)15)9-5-7-3-1-2-4-8(7)12-9/h1-5,10,12-13H,6H2,(H,14,15)/t10-/m0/s1. The molecule has 1 aromatic carbocycles. The average molecular weight is 205 g/mol. The van der Waals surface area contributed by atoms with Gasteiger partial charge in [0.15, 0.2) is 0 Å². The summed E-state index contributed by atoms with van der Waals surface area (Å²) in [7, 11) is 0. The van der Waals surface area contributed by atoms with Crippen LogP contribution in [0.15, 0.2) is 30.3 Å². The summed E-state index contributed by atoms with van der Waals surface area (Å²) in [5.74, 6) is -1.01. The SMILES string of the molecule is O=C(O)C[C@H](O)c1cc2ccccc2[nH]1. The summed E-state index contributed by atoms with van der Waals surface area (Å²) in [6.45, 7) is 0. The molecule has 0 bridgehead atoms. The predicted octanol–water partition coefficient (Wildman–Crippen LogP) is 1.68. The highest BCUT2D eigenvalue weighted by Gasteiger charge is 2.13. The monoisotopic (exact) mass is 205 g/mol. The van der Waals surface area contributed by atoms with Crippen LogP contribution in [0.3, 0.4) is 0 Å². The van der Waals surface area contributed by atoms with Crippen molar-refractivity contribution < 1.29 is 15.0 Å². The third kappa shape index (κ3) is 1.99. The van der Waals surface area contributed by atoms with E-state index in [0.717, 1.165) is 10.9 Å². The number of rotatable bonds is 3. The highest BCUT2D eigenvalue weighted by Crippen LogP contribution is 2.21. The molecular formula is C11H11NO3. The van der Waals surface area contributed by atoms with E-state index in [9.17, 15) is 9.90 Å². The summed E-state index contributed by atoms with van der Waals surface area (Å²) < 4.78 is 0. The third-order valence-electron chi connectivity index (χ3n) is 2.28. The summed E-state index contributed by atoms with van der Waals surface area (Å²) in [5, 5.41) is 19.1. The summed E-state index contributed by atoms with van der Waals surface area (Å²) >= 11 is 0. The number of nitrogens with one attached hydrogen (secondary N) is 1. The Morgan fingerprint density at radius 1 is 1.40 bits per heavy atom. The van der Waals surface area contributed by atoms with Crippen LogP contribution in [-0.4, -0.2) is 21.2 Å². The first-order valence-corrected chi connectivity index (χ1v) is 4.64. The molecule has 0 fully saturated rings. The molecule has 1 aromatic heterocycles. The Morgan fingerprint density at radius 3 is 2.80 bits per heavy atom. The number of hydrogen-bond donors (Lipinski definition) is 3. The molecule has 0 aliphatic heterocycles. The second-order valence-electron chi connectivity index (χ2n) is 3.43. The van der Waals surface area contributed by atoms with Crippen molar-refractivity contribution in [2.24, 2.45) is 0 Å². The largest absolute Gasteiger partial charge is 0.481 e.